The molecule has 31 heavy (non-hydrogen) atoms. The number of amides is 2. The third-order valence-electron chi connectivity index (χ3n) is 4.93. The highest BCUT2D eigenvalue weighted by molar-refractivity contribution is 7.99. The molecule has 1 N–H and O–H groups in total. The molecule has 0 aliphatic rings. The van der Waals surface area contributed by atoms with Crippen LogP contribution in [0.2, 0.25) is 5.02 Å². The Balaban J connectivity index is 2.09. The predicted octanol–water partition coefficient (Wildman–Crippen LogP) is 5.38. The number of rotatable bonds is 10. The number of benzene rings is 2. The van der Waals surface area contributed by atoms with Crippen molar-refractivity contribution in [2.75, 3.05) is 12.3 Å². The predicted molar refractivity (Wildman–Crippen MR) is 131 cm³/mol. The lowest BCUT2D eigenvalue weighted by atomic mass is 10.1. The minimum absolute atomic E-state index is 0.0681. The molecule has 0 heterocycles. The van der Waals surface area contributed by atoms with Crippen molar-refractivity contribution >= 4 is 35.2 Å². The van der Waals surface area contributed by atoms with Crippen LogP contribution < -0.4 is 5.32 Å². The van der Waals surface area contributed by atoms with Gasteiger partial charge in [-0.05, 0) is 43.9 Å². The first-order valence-corrected chi connectivity index (χ1v) is 12.2. The summed E-state index contributed by atoms with van der Waals surface area (Å²) in [6.45, 7) is 10.9. The number of thioether (sulfide) groups is 1. The van der Waals surface area contributed by atoms with Crippen LogP contribution in [0.5, 0.6) is 0 Å². The number of halogens is 1. The second-order valence-electron chi connectivity index (χ2n) is 8.42. The third-order valence-corrected chi connectivity index (χ3v) is 6.28. The summed E-state index contributed by atoms with van der Waals surface area (Å²) in [4.78, 5) is 27.5. The van der Waals surface area contributed by atoms with Gasteiger partial charge in [-0.25, -0.2) is 0 Å². The first-order chi connectivity index (χ1) is 14.7. The molecule has 1 atom stereocenters. The molecular formula is C25H33ClN2O2S. The Morgan fingerprint density at radius 1 is 1.06 bits per heavy atom. The van der Waals surface area contributed by atoms with Gasteiger partial charge in [0, 0.05) is 23.9 Å². The summed E-state index contributed by atoms with van der Waals surface area (Å²) in [5.74, 6) is 1.19. The Labute approximate surface area is 195 Å². The highest BCUT2D eigenvalue weighted by Gasteiger charge is 2.26. The van der Waals surface area contributed by atoms with Gasteiger partial charge in [0.15, 0.2) is 0 Å². The smallest absolute Gasteiger partial charge is 0.242 e. The van der Waals surface area contributed by atoms with Crippen molar-refractivity contribution in [2.24, 2.45) is 5.92 Å². The van der Waals surface area contributed by atoms with Gasteiger partial charge in [0.05, 0.1) is 5.75 Å². The van der Waals surface area contributed by atoms with Crippen LogP contribution in [-0.4, -0.2) is 35.1 Å². The summed E-state index contributed by atoms with van der Waals surface area (Å²) in [6.07, 6.45) is 0. The molecule has 0 spiro atoms. The molecule has 2 aromatic rings. The summed E-state index contributed by atoms with van der Waals surface area (Å²) in [5, 5.41) is 3.53. The van der Waals surface area contributed by atoms with Crippen LogP contribution in [0.15, 0.2) is 42.5 Å². The fourth-order valence-corrected chi connectivity index (χ4v) is 4.38. The highest BCUT2D eigenvalue weighted by atomic mass is 35.5. The Kier molecular flexibility index (Phi) is 9.92. The van der Waals surface area contributed by atoms with Crippen molar-refractivity contribution in [3.63, 3.8) is 0 Å². The van der Waals surface area contributed by atoms with E-state index < -0.39 is 6.04 Å². The monoisotopic (exact) mass is 460 g/mol. The van der Waals surface area contributed by atoms with E-state index in [1.54, 1.807) is 29.7 Å². The second kappa shape index (κ2) is 12.2. The zero-order valence-electron chi connectivity index (χ0n) is 19.1. The largest absolute Gasteiger partial charge is 0.354 e. The van der Waals surface area contributed by atoms with E-state index >= 15 is 0 Å². The lowest BCUT2D eigenvalue weighted by molar-refractivity contribution is -0.138. The maximum Gasteiger partial charge on any atom is 0.242 e. The summed E-state index contributed by atoms with van der Waals surface area (Å²) in [7, 11) is 0. The van der Waals surface area contributed by atoms with Crippen molar-refractivity contribution in [3.05, 3.63) is 69.7 Å². The molecule has 2 aromatic carbocycles. The van der Waals surface area contributed by atoms with E-state index in [9.17, 15) is 9.59 Å². The average molecular weight is 461 g/mol. The average Bonchev–Trinajstić information content (AvgIpc) is 2.70. The molecule has 0 aromatic heterocycles. The van der Waals surface area contributed by atoms with E-state index in [1.807, 2.05) is 32.0 Å². The molecular weight excluding hydrogens is 428 g/mol. The number of aryl methyl sites for hydroxylation is 2. The normalized spacial score (nSPS) is 12.0. The maximum atomic E-state index is 13.1. The highest BCUT2D eigenvalue weighted by Crippen LogP contribution is 2.21. The molecule has 0 aliphatic heterocycles. The fraction of sp³-hybridized carbons (Fsp3) is 0.440. The lowest BCUT2D eigenvalue weighted by Crippen LogP contribution is -2.48. The van der Waals surface area contributed by atoms with Crippen LogP contribution in [-0.2, 0) is 21.9 Å². The van der Waals surface area contributed by atoms with Crippen molar-refractivity contribution < 1.29 is 9.59 Å². The van der Waals surface area contributed by atoms with Crippen LogP contribution in [0, 0.1) is 19.8 Å². The van der Waals surface area contributed by atoms with E-state index in [1.165, 1.54) is 16.7 Å². The van der Waals surface area contributed by atoms with E-state index in [4.69, 9.17) is 11.6 Å². The Hall–Kier alpha value is -1.98. The quantitative estimate of drug-likeness (QED) is 0.517. The molecule has 168 valence electrons. The zero-order chi connectivity index (χ0) is 23.0. The van der Waals surface area contributed by atoms with Crippen molar-refractivity contribution in [1.82, 2.24) is 10.2 Å². The van der Waals surface area contributed by atoms with Gasteiger partial charge in [0.2, 0.25) is 11.8 Å². The van der Waals surface area contributed by atoms with E-state index in [-0.39, 0.29) is 11.8 Å². The molecule has 2 amide bonds. The van der Waals surface area contributed by atoms with Gasteiger partial charge in [-0.3, -0.25) is 9.59 Å². The van der Waals surface area contributed by atoms with Crippen LogP contribution >= 0.6 is 23.4 Å². The molecule has 0 saturated carbocycles. The minimum Gasteiger partial charge on any atom is -0.354 e. The topological polar surface area (TPSA) is 49.4 Å². The number of carbonyl (C=O) groups is 2. The Bertz CT molecular complexity index is 881. The zero-order valence-corrected chi connectivity index (χ0v) is 20.6. The van der Waals surface area contributed by atoms with Gasteiger partial charge >= 0.3 is 0 Å². The van der Waals surface area contributed by atoms with E-state index in [0.717, 1.165) is 11.3 Å². The standard InChI is InChI=1S/C25H33ClN2O2S/c1-17(2)13-27-25(30)20(5)28(14-22-8-6-7-9-23(22)26)24(29)16-31-15-21-11-18(3)10-19(4)12-21/h6-12,17,20H,13-16H2,1-5H3,(H,27,30)/t20-/m1/s1. The lowest BCUT2D eigenvalue weighted by Gasteiger charge is -2.29. The van der Waals surface area contributed by atoms with Gasteiger partial charge in [-0.2, -0.15) is 0 Å². The van der Waals surface area contributed by atoms with Crippen molar-refractivity contribution in [2.45, 2.75) is 53.0 Å². The van der Waals surface area contributed by atoms with Crippen LogP contribution in [0.4, 0.5) is 0 Å². The number of nitrogens with one attached hydrogen (secondary N) is 1. The van der Waals surface area contributed by atoms with Crippen molar-refractivity contribution in [3.8, 4) is 0 Å². The van der Waals surface area contributed by atoms with Gasteiger partial charge in [0.25, 0.3) is 0 Å². The molecule has 0 fully saturated rings. The van der Waals surface area contributed by atoms with Crippen LogP contribution in [0.25, 0.3) is 0 Å². The number of carbonyl (C=O) groups excluding carboxylic acids is 2. The van der Waals surface area contributed by atoms with Crippen LogP contribution in [0.3, 0.4) is 0 Å². The molecule has 0 unspecified atom stereocenters. The Morgan fingerprint density at radius 3 is 2.32 bits per heavy atom. The van der Waals surface area contributed by atoms with Crippen molar-refractivity contribution in [1.29, 1.82) is 0 Å². The summed E-state index contributed by atoms with van der Waals surface area (Å²) in [5.41, 5.74) is 4.48. The third kappa shape index (κ3) is 8.23. The molecule has 0 bridgehead atoms. The molecule has 2 rings (SSSR count). The number of nitrogens with zero attached hydrogens (tertiary/aromatic N) is 1. The van der Waals surface area contributed by atoms with Crippen LogP contribution in [0.1, 0.15) is 43.0 Å². The maximum absolute atomic E-state index is 13.1. The van der Waals surface area contributed by atoms with Gasteiger partial charge < -0.3 is 10.2 Å². The summed E-state index contributed by atoms with van der Waals surface area (Å²) < 4.78 is 0. The number of hydrogen-bond donors (Lipinski definition) is 1. The van der Waals surface area contributed by atoms with Gasteiger partial charge in [-0.1, -0.05) is 73.0 Å². The SMILES string of the molecule is Cc1cc(C)cc(CSCC(=O)N(Cc2ccccc2Cl)[C@H](C)C(=O)NCC(C)C)c1. The molecule has 0 saturated heterocycles. The van der Waals surface area contributed by atoms with Gasteiger partial charge in [-0.15, -0.1) is 11.8 Å². The van der Waals surface area contributed by atoms with Gasteiger partial charge in [0.1, 0.15) is 6.04 Å². The minimum atomic E-state index is -0.579. The molecule has 4 nitrogen and oxygen atoms in total. The Morgan fingerprint density at radius 2 is 1.71 bits per heavy atom. The summed E-state index contributed by atoms with van der Waals surface area (Å²) in [6, 6.07) is 13.3. The molecule has 6 heteroatoms. The van der Waals surface area contributed by atoms with E-state index in [0.29, 0.717) is 29.8 Å². The first kappa shape index (κ1) is 25.3. The summed E-state index contributed by atoms with van der Waals surface area (Å²) >= 11 is 7.90. The first-order valence-electron chi connectivity index (χ1n) is 10.6. The second-order valence-corrected chi connectivity index (χ2v) is 9.81. The molecule has 0 radical (unpaired) electrons. The molecule has 0 aliphatic carbocycles. The van der Waals surface area contributed by atoms with E-state index in [2.05, 4.69) is 37.4 Å². The fourth-order valence-electron chi connectivity index (χ4n) is 3.34. The number of hydrogen-bond acceptors (Lipinski definition) is 3.